The number of benzene rings is 1. The first-order valence-electron chi connectivity index (χ1n) is 8.65. The Morgan fingerprint density at radius 1 is 1.17 bits per heavy atom. The van der Waals surface area contributed by atoms with Gasteiger partial charge in [0.25, 0.3) is 0 Å². The van der Waals surface area contributed by atoms with Crippen molar-refractivity contribution in [3.8, 4) is 0 Å². The molecule has 2 saturated heterocycles. The fraction of sp³-hybridized carbons (Fsp3) is 0.611. The summed E-state index contributed by atoms with van der Waals surface area (Å²) in [7, 11) is 0. The van der Waals surface area contributed by atoms with Gasteiger partial charge in [-0.1, -0.05) is 36.8 Å². The van der Waals surface area contributed by atoms with Crippen molar-refractivity contribution in [1.82, 2.24) is 4.90 Å². The van der Waals surface area contributed by atoms with E-state index in [0.29, 0.717) is 12.8 Å². The number of hydrogen-bond acceptors (Lipinski definition) is 4. The number of Topliss-reactive ketones (excluding diaryl/α,β-unsaturated/α-hetero) is 1. The van der Waals surface area contributed by atoms with Crippen molar-refractivity contribution in [2.45, 2.75) is 62.1 Å². The van der Waals surface area contributed by atoms with Crippen LogP contribution in [0.25, 0.3) is 0 Å². The van der Waals surface area contributed by atoms with Crippen molar-refractivity contribution in [1.29, 1.82) is 0 Å². The normalized spacial score (nSPS) is 37.2. The Balaban J connectivity index is 1.86. The van der Waals surface area contributed by atoms with E-state index in [9.17, 15) is 14.9 Å². The van der Waals surface area contributed by atoms with Gasteiger partial charge in [0, 0.05) is 17.4 Å². The van der Waals surface area contributed by atoms with Crippen molar-refractivity contribution >= 4 is 5.78 Å². The van der Waals surface area contributed by atoms with Crippen LogP contribution in [0.2, 0.25) is 0 Å². The van der Waals surface area contributed by atoms with E-state index in [-0.39, 0.29) is 22.7 Å². The average Bonchev–Trinajstić information content (AvgIpc) is 3.12. The topological polar surface area (TPSA) is 63.4 Å². The number of nitro groups is 1. The summed E-state index contributed by atoms with van der Waals surface area (Å²) in [6.07, 6.45) is 4.93. The highest BCUT2D eigenvalue weighted by Crippen LogP contribution is 2.53. The van der Waals surface area contributed by atoms with Crippen molar-refractivity contribution < 1.29 is 9.72 Å². The Hall–Kier alpha value is -1.75. The number of carbonyl (C=O) groups is 1. The molecule has 1 aliphatic carbocycles. The van der Waals surface area contributed by atoms with Gasteiger partial charge in [-0.25, -0.2) is 0 Å². The molecule has 0 unspecified atom stereocenters. The third-order valence-corrected chi connectivity index (χ3v) is 6.16. The molecular weight excluding hydrogens is 292 g/mol. The quantitative estimate of drug-likeness (QED) is 0.622. The molecule has 3 fully saturated rings. The van der Waals surface area contributed by atoms with Crippen LogP contribution in [0.3, 0.4) is 0 Å². The third-order valence-electron chi connectivity index (χ3n) is 6.16. The van der Waals surface area contributed by atoms with Crippen molar-refractivity contribution in [2.75, 3.05) is 6.54 Å². The molecule has 2 heterocycles. The van der Waals surface area contributed by atoms with Crippen LogP contribution in [-0.4, -0.2) is 39.8 Å². The highest BCUT2D eigenvalue weighted by molar-refractivity contribution is 5.90. The van der Waals surface area contributed by atoms with Gasteiger partial charge in [0.1, 0.15) is 5.54 Å². The molecule has 0 N–H and O–H groups in total. The fourth-order valence-corrected chi connectivity index (χ4v) is 5.38. The molecule has 0 amide bonds. The smallest absolute Gasteiger partial charge is 0.246 e. The molecule has 5 heteroatoms. The van der Waals surface area contributed by atoms with E-state index < -0.39 is 11.6 Å². The lowest BCUT2D eigenvalue weighted by molar-refractivity contribution is -0.533. The van der Waals surface area contributed by atoms with Gasteiger partial charge in [-0.05, 0) is 37.8 Å². The Morgan fingerprint density at radius 3 is 2.65 bits per heavy atom. The fourth-order valence-electron chi connectivity index (χ4n) is 5.38. The third kappa shape index (κ3) is 1.99. The van der Waals surface area contributed by atoms with E-state index in [2.05, 4.69) is 4.90 Å². The molecule has 1 spiro atoms. The summed E-state index contributed by atoms with van der Waals surface area (Å²) < 4.78 is 0. The maximum atomic E-state index is 12.9. The van der Waals surface area contributed by atoms with E-state index in [1.807, 2.05) is 30.3 Å². The number of ketones is 1. The molecule has 0 bridgehead atoms. The Morgan fingerprint density at radius 2 is 1.96 bits per heavy atom. The SMILES string of the molecule is O=C1CCCC[C@]12[C@H]([N+](=O)[O-])[C@@H](c1ccccc1)[C@@H]1CCCN12. The first-order valence-corrected chi connectivity index (χ1v) is 8.65. The zero-order valence-corrected chi connectivity index (χ0v) is 13.2. The molecule has 1 saturated carbocycles. The van der Waals surface area contributed by atoms with Gasteiger partial charge in [-0.15, -0.1) is 0 Å². The summed E-state index contributed by atoms with van der Waals surface area (Å²) in [4.78, 5) is 27.0. The van der Waals surface area contributed by atoms with Crippen LogP contribution in [0.1, 0.15) is 50.0 Å². The Labute approximate surface area is 135 Å². The minimum atomic E-state index is -0.858. The Kier molecular flexibility index (Phi) is 3.48. The summed E-state index contributed by atoms with van der Waals surface area (Å²) in [5, 5.41) is 12.1. The van der Waals surface area contributed by atoms with E-state index in [0.717, 1.165) is 37.8 Å². The molecule has 5 nitrogen and oxygen atoms in total. The van der Waals surface area contributed by atoms with Crippen molar-refractivity contribution in [3.05, 3.63) is 46.0 Å². The lowest BCUT2D eigenvalue weighted by Crippen LogP contribution is -2.60. The number of hydrogen-bond donors (Lipinski definition) is 0. The van der Waals surface area contributed by atoms with E-state index in [4.69, 9.17) is 0 Å². The van der Waals surface area contributed by atoms with Crippen LogP contribution in [0.15, 0.2) is 30.3 Å². The zero-order valence-electron chi connectivity index (χ0n) is 13.2. The van der Waals surface area contributed by atoms with Crippen LogP contribution < -0.4 is 0 Å². The second-order valence-corrected chi connectivity index (χ2v) is 7.12. The summed E-state index contributed by atoms with van der Waals surface area (Å²) in [5.41, 5.74) is 0.157. The van der Waals surface area contributed by atoms with Gasteiger partial charge < -0.3 is 0 Å². The summed E-state index contributed by atoms with van der Waals surface area (Å²) >= 11 is 0. The van der Waals surface area contributed by atoms with E-state index >= 15 is 0 Å². The average molecular weight is 314 g/mol. The molecule has 122 valence electrons. The van der Waals surface area contributed by atoms with Gasteiger partial charge >= 0.3 is 0 Å². The molecule has 1 aromatic rings. The minimum Gasteiger partial charge on any atom is -0.297 e. The monoisotopic (exact) mass is 314 g/mol. The second kappa shape index (κ2) is 5.41. The van der Waals surface area contributed by atoms with E-state index in [1.54, 1.807) is 0 Å². The van der Waals surface area contributed by atoms with Crippen LogP contribution in [0, 0.1) is 10.1 Å². The maximum Gasteiger partial charge on any atom is 0.246 e. The molecule has 0 radical (unpaired) electrons. The van der Waals surface area contributed by atoms with Gasteiger partial charge in [0.15, 0.2) is 5.78 Å². The van der Waals surface area contributed by atoms with Crippen molar-refractivity contribution in [3.63, 3.8) is 0 Å². The molecule has 0 aromatic heterocycles. The number of rotatable bonds is 2. The van der Waals surface area contributed by atoms with Gasteiger partial charge in [0.05, 0.1) is 5.92 Å². The molecular formula is C18H22N2O3. The number of nitrogens with zero attached hydrogens (tertiary/aromatic N) is 2. The predicted octanol–water partition coefficient (Wildman–Crippen LogP) is 2.78. The largest absolute Gasteiger partial charge is 0.297 e. The first kappa shape index (κ1) is 14.8. The summed E-state index contributed by atoms with van der Waals surface area (Å²) in [6, 6.07) is 9.14. The lowest BCUT2D eigenvalue weighted by atomic mass is 9.72. The standard InChI is InChI=1S/C18H22N2O3/c21-15-10-4-5-11-18(15)17(20(22)23)16(13-7-2-1-3-8-13)14-9-6-12-19(14)18/h1-3,7-8,14,16-17H,4-6,9-12H2/t14-,16-,17+,18+/m0/s1. The number of carbonyl (C=O) groups excluding carboxylic acids is 1. The Bertz CT molecular complexity index is 632. The van der Waals surface area contributed by atoms with Crippen LogP contribution in [0.4, 0.5) is 0 Å². The predicted molar refractivity (Wildman–Crippen MR) is 85.9 cm³/mol. The maximum absolute atomic E-state index is 12.9. The van der Waals surface area contributed by atoms with Gasteiger partial charge in [0.2, 0.25) is 6.04 Å². The molecule has 23 heavy (non-hydrogen) atoms. The van der Waals surface area contributed by atoms with Gasteiger partial charge in [-0.2, -0.15) is 0 Å². The van der Waals surface area contributed by atoms with Crippen LogP contribution >= 0.6 is 0 Å². The molecule has 1 aromatic carbocycles. The molecule has 3 aliphatic rings. The highest BCUT2D eigenvalue weighted by atomic mass is 16.6. The summed E-state index contributed by atoms with van der Waals surface area (Å²) in [6.45, 7) is 0.823. The molecule has 4 rings (SSSR count). The van der Waals surface area contributed by atoms with Gasteiger partial charge in [-0.3, -0.25) is 19.8 Å². The van der Waals surface area contributed by atoms with Crippen LogP contribution in [-0.2, 0) is 4.79 Å². The zero-order chi connectivity index (χ0) is 16.0. The second-order valence-electron chi connectivity index (χ2n) is 7.12. The number of fused-ring (bicyclic) bond motifs is 2. The first-order chi connectivity index (χ1) is 11.2. The minimum absolute atomic E-state index is 0.107. The highest BCUT2D eigenvalue weighted by Gasteiger charge is 2.69. The molecule has 4 atom stereocenters. The van der Waals surface area contributed by atoms with E-state index in [1.165, 1.54) is 0 Å². The lowest BCUT2D eigenvalue weighted by Gasteiger charge is -2.39. The van der Waals surface area contributed by atoms with Crippen molar-refractivity contribution in [2.24, 2.45) is 0 Å². The summed E-state index contributed by atoms with van der Waals surface area (Å²) in [5.74, 6) is -0.0634. The van der Waals surface area contributed by atoms with Crippen LogP contribution in [0.5, 0.6) is 0 Å². The molecule has 2 aliphatic heterocycles.